The van der Waals surface area contributed by atoms with Crippen molar-refractivity contribution in [1.82, 2.24) is 0 Å². The van der Waals surface area contributed by atoms with Crippen molar-refractivity contribution >= 4 is 23.1 Å². The Balaban J connectivity index is 1.81. The van der Waals surface area contributed by atoms with E-state index >= 15 is 0 Å². The molecule has 0 fully saturated rings. The van der Waals surface area contributed by atoms with Gasteiger partial charge in [0.05, 0.1) is 11.4 Å². The molecule has 2 aromatic rings. The summed E-state index contributed by atoms with van der Waals surface area (Å²) in [5.41, 5.74) is 2.23. The van der Waals surface area contributed by atoms with E-state index in [2.05, 4.69) is 29.6 Å². The van der Waals surface area contributed by atoms with Crippen molar-refractivity contribution < 1.29 is 9.47 Å². The maximum absolute atomic E-state index is 5.61. The molecule has 0 spiro atoms. The van der Waals surface area contributed by atoms with E-state index in [0.717, 1.165) is 22.9 Å². The fraction of sp³-hybridized carbons (Fsp3) is 0.143. The van der Waals surface area contributed by atoms with E-state index in [-0.39, 0.29) is 0 Å². The third-order valence-corrected chi connectivity index (χ3v) is 4.15. The molecular weight excluding hydrogens is 246 g/mol. The Hall–Kier alpha value is -1.81. The summed E-state index contributed by atoms with van der Waals surface area (Å²) in [4.78, 5) is 2.42. The van der Waals surface area contributed by atoms with Crippen LogP contribution in [0.2, 0.25) is 0 Å². The molecule has 90 valence electrons. The van der Waals surface area contributed by atoms with E-state index in [1.807, 2.05) is 12.1 Å². The van der Waals surface area contributed by atoms with Gasteiger partial charge in [-0.1, -0.05) is 23.9 Å². The molecule has 0 bridgehead atoms. The Labute approximate surface area is 109 Å². The summed E-state index contributed by atoms with van der Waals surface area (Å²) in [5, 5.41) is 3.43. The van der Waals surface area contributed by atoms with Gasteiger partial charge in [0.15, 0.2) is 11.5 Å². The van der Waals surface area contributed by atoms with E-state index in [1.165, 1.54) is 9.79 Å². The van der Waals surface area contributed by atoms with Gasteiger partial charge in [0.2, 0.25) is 0 Å². The number of rotatable bonds is 0. The van der Waals surface area contributed by atoms with Crippen LogP contribution in [0.5, 0.6) is 11.5 Å². The molecule has 4 rings (SSSR count). The second-order valence-electron chi connectivity index (χ2n) is 4.22. The van der Waals surface area contributed by atoms with E-state index in [0.29, 0.717) is 13.2 Å². The fourth-order valence-corrected chi connectivity index (χ4v) is 3.17. The van der Waals surface area contributed by atoms with Crippen LogP contribution in [0.1, 0.15) is 0 Å². The van der Waals surface area contributed by atoms with Crippen LogP contribution in [0, 0.1) is 0 Å². The summed E-state index contributed by atoms with van der Waals surface area (Å²) >= 11 is 1.76. The Morgan fingerprint density at radius 3 is 2.56 bits per heavy atom. The first-order valence-electron chi connectivity index (χ1n) is 5.88. The molecule has 18 heavy (non-hydrogen) atoms. The van der Waals surface area contributed by atoms with Gasteiger partial charge < -0.3 is 14.8 Å². The van der Waals surface area contributed by atoms with Crippen LogP contribution in [0.4, 0.5) is 11.4 Å². The van der Waals surface area contributed by atoms with Gasteiger partial charge >= 0.3 is 0 Å². The van der Waals surface area contributed by atoms with Gasteiger partial charge in [-0.15, -0.1) is 0 Å². The molecule has 2 aliphatic heterocycles. The van der Waals surface area contributed by atoms with Crippen molar-refractivity contribution in [2.24, 2.45) is 0 Å². The monoisotopic (exact) mass is 257 g/mol. The fourth-order valence-electron chi connectivity index (χ4n) is 2.17. The first kappa shape index (κ1) is 10.1. The number of benzene rings is 2. The lowest BCUT2D eigenvalue weighted by atomic mass is 10.2. The maximum Gasteiger partial charge on any atom is 0.163 e. The van der Waals surface area contributed by atoms with Crippen molar-refractivity contribution in [2.45, 2.75) is 9.79 Å². The van der Waals surface area contributed by atoms with E-state index < -0.39 is 0 Å². The smallest absolute Gasteiger partial charge is 0.163 e. The Kier molecular flexibility index (Phi) is 2.17. The average molecular weight is 257 g/mol. The van der Waals surface area contributed by atoms with Gasteiger partial charge in [-0.3, -0.25) is 0 Å². The number of para-hydroxylation sites is 1. The van der Waals surface area contributed by atoms with Crippen LogP contribution in [0.25, 0.3) is 0 Å². The molecule has 0 amide bonds. The van der Waals surface area contributed by atoms with Gasteiger partial charge in [0.25, 0.3) is 0 Å². The van der Waals surface area contributed by atoms with Crippen molar-refractivity contribution in [3.8, 4) is 11.5 Å². The van der Waals surface area contributed by atoms with Crippen LogP contribution in [0.3, 0.4) is 0 Å². The van der Waals surface area contributed by atoms with Crippen LogP contribution < -0.4 is 14.8 Å². The molecule has 0 radical (unpaired) electrons. The SMILES string of the molecule is c1ccc2c(c1)Nc1cc3c(cc1S2)OCCO3. The highest BCUT2D eigenvalue weighted by atomic mass is 32.2. The summed E-state index contributed by atoms with van der Waals surface area (Å²) in [6.45, 7) is 1.25. The highest BCUT2D eigenvalue weighted by molar-refractivity contribution is 7.99. The summed E-state index contributed by atoms with van der Waals surface area (Å²) in [6, 6.07) is 12.4. The minimum atomic E-state index is 0.621. The third-order valence-electron chi connectivity index (χ3n) is 3.02. The summed E-state index contributed by atoms with van der Waals surface area (Å²) in [6.07, 6.45) is 0. The molecule has 0 aliphatic carbocycles. The molecule has 0 saturated heterocycles. The second kappa shape index (κ2) is 3.85. The minimum absolute atomic E-state index is 0.621. The molecule has 0 unspecified atom stereocenters. The van der Waals surface area contributed by atoms with Crippen molar-refractivity contribution in [3.05, 3.63) is 36.4 Å². The number of fused-ring (bicyclic) bond motifs is 3. The van der Waals surface area contributed by atoms with Gasteiger partial charge in [0, 0.05) is 21.9 Å². The highest BCUT2D eigenvalue weighted by Gasteiger charge is 2.20. The molecule has 4 heteroatoms. The number of ether oxygens (including phenoxy) is 2. The number of hydrogen-bond donors (Lipinski definition) is 1. The first-order valence-corrected chi connectivity index (χ1v) is 6.69. The Bertz CT molecular complexity index is 573. The standard InChI is InChI=1S/C14H11NO2S/c1-2-4-13-9(3-1)15-10-7-11-12(8-14(10)18-13)17-6-5-16-11/h1-4,7-8,15H,5-6H2. The summed E-state index contributed by atoms with van der Waals surface area (Å²) in [7, 11) is 0. The Morgan fingerprint density at radius 1 is 0.889 bits per heavy atom. The summed E-state index contributed by atoms with van der Waals surface area (Å²) in [5.74, 6) is 1.67. The number of anilines is 2. The first-order chi connectivity index (χ1) is 8.90. The largest absolute Gasteiger partial charge is 0.486 e. The minimum Gasteiger partial charge on any atom is -0.486 e. The van der Waals surface area contributed by atoms with Crippen LogP contribution in [-0.2, 0) is 0 Å². The predicted octanol–water partition coefficient (Wildman–Crippen LogP) is 3.67. The van der Waals surface area contributed by atoms with Crippen molar-refractivity contribution in [1.29, 1.82) is 0 Å². The molecule has 2 heterocycles. The van der Waals surface area contributed by atoms with E-state index in [1.54, 1.807) is 11.8 Å². The van der Waals surface area contributed by atoms with Crippen LogP contribution in [-0.4, -0.2) is 13.2 Å². The molecular formula is C14H11NO2S. The predicted molar refractivity (Wildman–Crippen MR) is 71.3 cm³/mol. The Morgan fingerprint density at radius 2 is 1.67 bits per heavy atom. The molecule has 0 saturated carbocycles. The number of nitrogens with one attached hydrogen (secondary N) is 1. The van der Waals surface area contributed by atoms with Crippen molar-refractivity contribution in [3.63, 3.8) is 0 Å². The zero-order chi connectivity index (χ0) is 11.9. The van der Waals surface area contributed by atoms with E-state index in [9.17, 15) is 0 Å². The highest BCUT2D eigenvalue weighted by Crippen LogP contribution is 2.48. The topological polar surface area (TPSA) is 30.5 Å². The lowest BCUT2D eigenvalue weighted by Gasteiger charge is -2.25. The summed E-state index contributed by atoms with van der Waals surface area (Å²) < 4.78 is 11.2. The van der Waals surface area contributed by atoms with Gasteiger partial charge in [-0.05, 0) is 12.1 Å². The molecule has 2 aromatic carbocycles. The van der Waals surface area contributed by atoms with Gasteiger partial charge in [0.1, 0.15) is 13.2 Å². The van der Waals surface area contributed by atoms with Gasteiger partial charge in [-0.2, -0.15) is 0 Å². The lowest BCUT2D eigenvalue weighted by molar-refractivity contribution is 0.171. The third kappa shape index (κ3) is 1.53. The average Bonchev–Trinajstić information content (AvgIpc) is 2.42. The maximum atomic E-state index is 5.61. The van der Waals surface area contributed by atoms with Crippen molar-refractivity contribution in [2.75, 3.05) is 18.5 Å². The number of hydrogen-bond acceptors (Lipinski definition) is 4. The molecule has 3 nitrogen and oxygen atoms in total. The van der Waals surface area contributed by atoms with Gasteiger partial charge in [-0.25, -0.2) is 0 Å². The molecule has 0 aromatic heterocycles. The quantitative estimate of drug-likeness (QED) is 0.665. The lowest BCUT2D eigenvalue weighted by Crippen LogP contribution is -2.15. The zero-order valence-corrected chi connectivity index (χ0v) is 10.4. The van der Waals surface area contributed by atoms with Crippen LogP contribution in [0.15, 0.2) is 46.2 Å². The zero-order valence-electron chi connectivity index (χ0n) is 9.60. The van der Waals surface area contributed by atoms with Crippen LogP contribution >= 0.6 is 11.8 Å². The molecule has 0 atom stereocenters. The normalized spacial score (nSPS) is 15.3. The second-order valence-corrected chi connectivity index (χ2v) is 5.30. The van der Waals surface area contributed by atoms with E-state index in [4.69, 9.17) is 9.47 Å². The molecule has 1 N–H and O–H groups in total. The molecule has 2 aliphatic rings.